The molecule has 3 heteroatoms. The van der Waals surface area contributed by atoms with Gasteiger partial charge in [0.25, 0.3) is 0 Å². The molecule has 74 valence electrons. The Morgan fingerprint density at radius 3 is 2.69 bits per heavy atom. The second-order valence-electron chi connectivity index (χ2n) is 3.82. The smallest absolute Gasteiger partial charge is 0.306 e. The fraction of sp³-hybridized carbons (Fsp3) is 0.800. The largest absolute Gasteiger partial charge is 0.481 e. The van der Waals surface area contributed by atoms with Crippen molar-refractivity contribution >= 4 is 11.8 Å². The number of hydrogen-bond donors (Lipinski definition) is 1. The van der Waals surface area contributed by atoms with Crippen LogP contribution in [0.3, 0.4) is 0 Å². The summed E-state index contributed by atoms with van der Waals surface area (Å²) in [5.41, 5.74) is 0. The van der Waals surface area contributed by atoms with Gasteiger partial charge in [0.1, 0.15) is 5.78 Å². The van der Waals surface area contributed by atoms with Crippen molar-refractivity contribution in [3.05, 3.63) is 0 Å². The van der Waals surface area contributed by atoms with E-state index in [4.69, 9.17) is 5.11 Å². The number of aliphatic carboxylic acids is 1. The molecule has 0 unspecified atom stereocenters. The van der Waals surface area contributed by atoms with E-state index in [0.717, 1.165) is 6.42 Å². The van der Waals surface area contributed by atoms with Crippen LogP contribution in [0.2, 0.25) is 0 Å². The molecule has 13 heavy (non-hydrogen) atoms. The summed E-state index contributed by atoms with van der Waals surface area (Å²) in [6.07, 6.45) is 1.73. The first kappa shape index (κ1) is 10.2. The summed E-state index contributed by atoms with van der Waals surface area (Å²) in [5, 5.41) is 8.90. The van der Waals surface area contributed by atoms with E-state index in [1.807, 2.05) is 13.8 Å². The van der Waals surface area contributed by atoms with E-state index in [9.17, 15) is 9.59 Å². The van der Waals surface area contributed by atoms with Crippen LogP contribution in [0.5, 0.6) is 0 Å². The Balaban J connectivity index is 2.74. The maximum Gasteiger partial charge on any atom is 0.306 e. The summed E-state index contributed by atoms with van der Waals surface area (Å²) in [5.74, 6) is -0.854. The molecule has 1 aliphatic rings. The van der Waals surface area contributed by atoms with Crippen LogP contribution in [0.1, 0.15) is 33.1 Å². The molecule has 0 bridgehead atoms. The summed E-state index contributed by atoms with van der Waals surface area (Å²) in [4.78, 5) is 22.2. The van der Waals surface area contributed by atoms with Crippen LogP contribution in [0.25, 0.3) is 0 Å². The third-order valence-electron chi connectivity index (χ3n) is 3.14. The van der Waals surface area contributed by atoms with Gasteiger partial charge in [0.2, 0.25) is 0 Å². The van der Waals surface area contributed by atoms with Gasteiger partial charge in [0, 0.05) is 12.3 Å². The number of carbonyl (C=O) groups excluding carboxylic acids is 1. The van der Waals surface area contributed by atoms with Gasteiger partial charge >= 0.3 is 5.97 Å². The predicted molar refractivity (Wildman–Crippen MR) is 48.3 cm³/mol. The molecule has 0 aromatic heterocycles. The third-order valence-corrected chi connectivity index (χ3v) is 3.14. The molecule has 3 nitrogen and oxygen atoms in total. The van der Waals surface area contributed by atoms with Crippen molar-refractivity contribution in [2.75, 3.05) is 0 Å². The zero-order chi connectivity index (χ0) is 10.0. The van der Waals surface area contributed by atoms with Gasteiger partial charge < -0.3 is 5.11 Å². The normalized spacial score (nSPS) is 34.6. The molecular weight excluding hydrogens is 168 g/mol. The maximum absolute atomic E-state index is 11.4. The van der Waals surface area contributed by atoms with Crippen LogP contribution in [0.4, 0.5) is 0 Å². The van der Waals surface area contributed by atoms with Crippen molar-refractivity contribution in [2.24, 2.45) is 17.8 Å². The summed E-state index contributed by atoms with van der Waals surface area (Å²) >= 11 is 0. The van der Waals surface area contributed by atoms with E-state index < -0.39 is 5.97 Å². The lowest BCUT2D eigenvalue weighted by molar-refractivity contribution is -0.147. The van der Waals surface area contributed by atoms with Crippen LogP contribution in [-0.4, -0.2) is 16.9 Å². The van der Waals surface area contributed by atoms with E-state index in [0.29, 0.717) is 12.8 Å². The minimum Gasteiger partial charge on any atom is -0.481 e. The number of carboxylic acid groups (broad SMARTS) is 1. The van der Waals surface area contributed by atoms with Crippen LogP contribution >= 0.6 is 0 Å². The molecule has 0 aromatic carbocycles. The number of carboxylic acids is 1. The molecular formula is C10H16O3. The van der Waals surface area contributed by atoms with Crippen LogP contribution in [0, 0.1) is 17.8 Å². The Hall–Kier alpha value is -0.860. The van der Waals surface area contributed by atoms with Gasteiger partial charge in [-0.15, -0.1) is 0 Å². The highest BCUT2D eigenvalue weighted by atomic mass is 16.4. The van der Waals surface area contributed by atoms with E-state index in [-0.39, 0.29) is 23.5 Å². The molecule has 1 N–H and O–H groups in total. The molecule has 3 atom stereocenters. The molecule has 0 saturated heterocycles. The number of rotatable bonds is 2. The van der Waals surface area contributed by atoms with Gasteiger partial charge in [-0.25, -0.2) is 0 Å². The first-order chi connectivity index (χ1) is 6.07. The van der Waals surface area contributed by atoms with E-state index in [1.54, 1.807) is 0 Å². The maximum atomic E-state index is 11.4. The minimum absolute atomic E-state index is 0.00347. The Morgan fingerprint density at radius 2 is 2.23 bits per heavy atom. The molecule has 1 aliphatic carbocycles. The molecule has 1 fully saturated rings. The summed E-state index contributed by atoms with van der Waals surface area (Å²) < 4.78 is 0. The molecule has 0 heterocycles. The summed E-state index contributed by atoms with van der Waals surface area (Å²) in [6, 6.07) is 0. The first-order valence-electron chi connectivity index (χ1n) is 4.83. The monoisotopic (exact) mass is 184 g/mol. The predicted octanol–water partition coefficient (Wildman–Crippen LogP) is 1.71. The average Bonchev–Trinajstić information content (AvgIpc) is 2.04. The first-order valence-corrected chi connectivity index (χ1v) is 4.83. The standard InChI is InChI=1S/C10H16O3/c1-3-7-6(2)8(10(12)13)4-5-9(7)11/h6-8H,3-5H2,1-2H3,(H,12,13)/t6-,7+,8-/m1/s1. The van der Waals surface area contributed by atoms with Crippen molar-refractivity contribution in [1.82, 2.24) is 0 Å². The Labute approximate surface area is 78.1 Å². The molecule has 0 spiro atoms. The second-order valence-corrected chi connectivity index (χ2v) is 3.82. The zero-order valence-electron chi connectivity index (χ0n) is 8.12. The average molecular weight is 184 g/mol. The van der Waals surface area contributed by atoms with Gasteiger partial charge in [-0.3, -0.25) is 9.59 Å². The lowest BCUT2D eigenvalue weighted by Gasteiger charge is -2.31. The number of hydrogen-bond acceptors (Lipinski definition) is 2. The Bertz CT molecular complexity index is 220. The van der Waals surface area contributed by atoms with Gasteiger partial charge in [-0.05, 0) is 18.8 Å². The molecule has 0 radical (unpaired) electrons. The van der Waals surface area contributed by atoms with Crippen molar-refractivity contribution in [3.63, 3.8) is 0 Å². The Morgan fingerprint density at radius 1 is 1.62 bits per heavy atom. The van der Waals surface area contributed by atoms with Gasteiger partial charge in [0.15, 0.2) is 0 Å². The Kier molecular flexibility index (Phi) is 3.07. The van der Waals surface area contributed by atoms with Gasteiger partial charge in [0.05, 0.1) is 5.92 Å². The van der Waals surface area contributed by atoms with Crippen LogP contribution in [0.15, 0.2) is 0 Å². The van der Waals surface area contributed by atoms with Gasteiger partial charge in [-0.1, -0.05) is 13.8 Å². The molecule has 0 aliphatic heterocycles. The SMILES string of the molecule is CC[C@@H]1C(=O)CC[C@@H](C(=O)O)[C@@H]1C. The summed E-state index contributed by atoms with van der Waals surface area (Å²) in [7, 11) is 0. The van der Waals surface area contributed by atoms with Gasteiger partial charge in [-0.2, -0.15) is 0 Å². The quantitative estimate of drug-likeness (QED) is 0.710. The van der Waals surface area contributed by atoms with Crippen molar-refractivity contribution in [1.29, 1.82) is 0 Å². The number of Topliss-reactive ketones (excluding diaryl/α,β-unsaturated/α-hetero) is 1. The molecule has 1 rings (SSSR count). The lowest BCUT2D eigenvalue weighted by atomic mass is 9.71. The van der Waals surface area contributed by atoms with Crippen molar-refractivity contribution in [3.8, 4) is 0 Å². The number of ketones is 1. The lowest BCUT2D eigenvalue weighted by Crippen LogP contribution is -2.36. The van der Waals surface area contributed by atoms with E-state index in [2.05, 4.69) is 0 Å². The van der Waals surface area contributed by atoms with Crippen LogP contribution in [-0.2, 0) is 9.59 Å². The van der Waals surface area contributed by atoms with E-state index >= 15 is 0 Å². The third kappa shape index (κ3) is 1.90. The van der Waals surface area contributed by atoms with Crippen molar-refractivity contribution < 1.29 is 14.7 Å². The topological polar surface area (TPSA) is 54.4 Å². The van der Waals surface area contributed by atoms with Crippen molar-refractivity contribution in [2.45, 2.75) is 33.1 Å². The fourth-order valence-corrected chi connectivity index (χ4v) is 2.27. The minimum atomic E-state index is -0.751. The summed E-state index contributed by atoms with van der Waals surface area (Å²) in [6.45, 7) is 3.83. The number of carbonyl (C=O) groups is 2. The molecule has 0 amide bonds. The highest BCUT2D eigenvalue weighted by molar-refractivity contribution is 5.84. The van der Waals surface area contributed by atoms with E-state index in [1.165, 1.54) is 0 Å². The molecule has 1 saturated carbocycles. The second kappa shape index (κ2) is 3.90. The molecule has 0 aromatic rings. The zero-order valence-corrected chi connectivity index (χ0v) is 8.12. The van der Waals surface area contributed by atoms with Crippen LogP contribution < -0.4 is 0 Å². The highest BCUT2D eigenvalue weighted by Crippen LogP contribution is 2.34. The highest BCUT2D eigenvalue weighted by Gasteiger charge is 2.37. The fourth-order valence-electron chi connectivity index (χ4n) is 2.27.